The molecule has 4 atom stereocenters. The lowest BCUT2D eigenvalue weighted by molar-refractivity contribution is -0.143. The summed E-state index contributed by atoms with van der Waals surface area (Å²) in [4.78, 5) is 41.4. The van der Waals surface area contributed by atoms with Gasteiger partial charge in [0.2, 0.25) is 17.7 Å². The molecule has 0 saturated heterocycles. The van der Waals surface area contributed by atoms with Gasteiger partial charge in [0, 0.05) is 26.6 Å². The lowest BCUT2D eigenvalue weighted by Gasteiger charge is -2.33. The number of carbonyl (C=O) groups is 3. The Morgan fingerprint density at radius 2 is 1.74 bits per heavy atom. The molecule has 4 N–H and O–H groups in total. The van der Waals surface area contributed by atoms with Crippen LogP contribution in [0.15, 0.2) is 54.6 Å². The van der Waals surface area contributed by atoms with E-state index in [1.807, 2.05) is 68.4 Å². The number of aryl methyl sites for hydroxylation is 1. The average Bonchev–Trinajstić information content (AvgIpc) is 2.95. The topological polar surface area (TPSA) is 120 Å². The molecule has 4 unspecified atom stereocenters. The van der Waals surface area contributed by atoms with Crippen molar-refractivity contribution in [1.29, 1.82) is 0 Å². The van der Waals surface area contributed by atoms with Gasteiger partial charge in [-0.15, -0.1) is 0 Å². The number of aliphatic hydroxyl groups excluding tert-OH is 1. The monoisotopic (exact) mass is 538 g/mol. The Morgan fingerprint density at radius 1 is 1.03 bits per heavy atom. The number of amides is 3. The summed E-state index contributed by atoms with van der Waals surface area (Å²) in [5.74, 6) is -0.431. The van der Waals surface area contributed by atoms with Crippen molar-refractivity contribution >= 4 is 17.7 Å². The van der Waals surface area contributed by atoms with Crippen molar-refractivity contribution < 1.29 is 24.2 Å². The summed E-state index contributed by atoms with van der Waals surface area (Å²) < 4.78 is 6.04. The molecule has 1 aliphatic rings. The molecule has 0 bridgehead atoms. The van der Waals surface area contributed by atoms with Gasteiger partial charge in [-0.2, -0.15) is 0 Å². The summed E-state index contributed by atoms with van der Waals surface area (Å²) in [5, 5.41) is 19.2. The van der Waals surface area contributed by atoms with E-state index in [2.05, 4.69) is 16.0 Å². The first-order valence-corrected chi connectivity index (χ1v) is 13.8. The van der Waals surface area contributed by atoms with Crippen LogP contribution in [0.3, 0.4) is 0 Å². The van der Waals surface area contributed by atoms with E-state index in [-0.39, 0.29) is 24.2 Å². The molecule has 1 aliphatic heterocycles. The van der Waals surface area contributed by atoms with Gasteiger partial charge < -0.3 is 30.7 Å². The predicted molar refractivity (Wildman–Crippen MR) is 150 cm³/mol. The highest BCUT2D eigenvalue weighted by Crippen LogP contribution is 2.20. The quantitative estimate of drug-likeness (QED) is 0.460. The van der Waals surface area contributed by atoms with E-state index in [0.29, 0.717) is 32.5 Å². The molecule has 0 saturated carbocycles. The van der Waals surface area contributed by atoms with Crippen molar-refractivity contribution in [3.8, 4) is 5.75 Å². The third kappa shape index (κ3) is 8.53. The molecule has 212 valence electrons. The predicted octanol–water partition coefficient (Wildman–Crippen LogP) is 1.68. The largest absolute Gasteiger partial charge is 0.492 e. The second-order valence-corrected chi connectivity index (χ2v) is 10.1. The summed E-state index contributed by atoms with van der Waals surface area (Å²) in [5.41, 5.74) is 1.93. The fraction of sp³-hybridized carbons (Fsp3) is 0.500. The maximum Gasteiger partial charge on any atom is 0.245 e. The first kappa shape index (κ1) is 30.1. The normalized spacial score (nSPS) is 22.9. The average molecular weight is 539 g/mol. The Kier molecular flexibility index (Phi) is 11.8. The van der Waals surface area contributed by atoms with Crippen LogP contribution in [0.1, 0.15) is 37.8 Å². The first-order chi connectivity index (χ1) is 18.8. The van der Waals surface area contributed by atoms with Crippen LogP contribution >= 0.6 is 0 Å². The second-order valence-electron chi connectivity index (χ2n) is 10.1. The van der Waals surface area contributed by atoms with Gasteiger partial charge in [0.05, 0.1) is 12.6 Å². The van der Waals surface area contributed by atoms with E-state index in [4.69, 9.17) is 4.74 Å². The van der Waals surface area contributed by atoms with Gasteiger partial charge in [-0.1, -0.05) is 68.8 Å². The SMILES string of the molecule is CCC(C)C1NCCOc2ccccc2CCCNC(=O)C(Cc2ccccc2)NC(=O)C(CO)N(C)C1=O. The molecule has 3 amide bonds. The lowest BCUT2D eigenvalue weighted by atomic mass is 9.97. The molecule has 0 aromatic heterocycles. The number of aliphatic hydroxyl groups is 1. The summed E-state index contributed by atoms with van der Waals surface area (Å²) in [6.45, 7) is 4.63. The molecule has 0 radical (unpaired) electrons. The van der Waals surface area contributed by atoms with Crippen molar-refractivity contribution in [3.05, 3.63) is 65.7 Å². The van der Waals surface area contributed by atoms with Crippen molar-refractivity contribution in [3.63, 3.8) is 0 Å². The Labute approximate surface area is 231 Å². The van der Waals surface area contributed by atoms with E-state index < -0.39 is 30.6 Å². The maximum absolute atomic E-state index is 13.5. The number of benzene rings is 2. The molecule has 0 aliphatic carbocycles. The number of hydrogen-bond acceptors (Lipinski definition) is 6. The number of hydrogen-bond donors (Lipinski definition) is 4. The van der Waals surface area contributed by atoms with Crippen molar-refractivity contribution in [1.82, 2.24) is 20.9 Å². The number of nitrogens with one attached hydrogen (secondary N) is 3. The minimum absolute atomic E-state index is 0.0168. The summed E-state index contributed by atoms with van der Waals surface area (Å²) in [7, 11) is 1.51. The maximum atomic E-state index is 13.5. The molecule has 2 aromatic rings. The Hall–Kier alpha value is -3.43. The molecule has 2 aromatic carbocycles. The molecule has 9 nitrogen and oxygen atoms in total. The van der Waals surface area contributed by atoms with Gasteiger partial charge in [0.25, 0.3) is 0 Å². The van der Waals surface area contributed by atoms with Gasteiger partial charge in [-0.25, -0.2) is 0 Å². The van der Waals surface area contributed by atoms with Crippen LogP contribution < -0.4 is 20.7 Å². The standard InChI is InChI=1S/C30H42N4O5/c1-4-21(2)27-30(38)34(3)25(20-35)29(37)33-24(19-22-11-6-5-7-12-22)28(36)32-16-10-14-23-13-8-9-15-26(23)39-18-17-31-27/h5-9,11-13,15,21,24-25,27,31,35H,4,10,14,16-20H2,1-3H3,(H,32,36)(H,33,37). The highest BCUT2D eigenvalue weighted by atomic mass is 16.5. The zero-order valence-corrected chi connectivity index (χ0v) is 23.2. The molecule has 0 fully saturated rings. The molecule has 1 heterocycles. The van der Waals surface area contributed by atoms with Crippen LogP contribution in [-0.4, -0.2) is 79.2 Å². The minimum Gasteiger partial charge on any atom is -0.492 e. The van der Waals surface area contributed by atoms with E-state index in [0.717, 1.165) is 23.3 Å². The molecule has 9 heteroatoms. The fourth-order valence-corrected chi connectivity index (χ4v) is 4.69. The number of ether oxygens (including phenoxy) is 1. The number of nitrogens with zero attached hydrogens (tertiary/aromatic N) is 1. The van der Waals surface area contributed by atoms with Gasteiger partial charge >= 0.3 is 0 Å². The van der Waals surface area contributed by atoms with Crippen LogP contribution in [0, 0.1) is 5.92 Å². The van der Waals surface area contributed by atoms with E-state index in [1.54, 1.807) is 0 Å². The van der Waals surface area contributed by atoms with E-state index in [1.165, 1.54) is 11.9 Å². The van der Waals surface area contributed by atoms with Crippen molar-refractivity contribution in [2.75, 3.05) is 33.4 Å². The zero-order chi connectivity index (χ0) is 28.2. The van der Waals surface area contributed by atoms with Gasteiger partial charge in [-0.05, 0) is 36.0 Å². The smallest absolute Gasteiger partial charge is 0.245 e. The molecule has 0 spiro atoms. The third-order valence-electron chi connectivity index (χ3n) is 7.30. The number of para-hydroxylation sites is 1. The second kappa shape index (κ2) is 15.2. The van der Waals surface area contributed by atoms with Gasteiger partial charge in [0.15, 0.2) is 0 Å². The van der Waals surface area contributed by atoms with E-state index >= 15 is 0 Å². The summed E-state index contributed by atoms with van der Waals surface area (Å²) in [6, 6.07) is 14.7. The fourth-order valence-electron chi connectivity index (χ4n) is 4.69. The highest BCUT2D eigenvalue weighted by molar-refractivity contribution is 5.93. The van der Waals surface area contributed by atoms with E-state index in [9.17, 15) is 19.5 Å². The summed E-state index contributed by atoms with van der Waals surface area (Å²) in [6.07, 6.45) is 2.44. The number of rotatable bonds is 5. The molecular formula is C30H42N4O5. The molecular weight excluding hydrogens is 496 g/mol. The minimum atomic E-state index is -1.14. The Balaban J connectivity index is 1.88. The third-order valence-corrected chi connectivity index (χ3v) is 7.30. The Bertz CT molecular complexity index is 1080. The summed E-state index contributed by atoms with van der Waals surface area (Å²) >= 11 is 0. The van der Waals surface area contributed by atoms with Crippen LogP contribution in [-0.2, 0) is 27.2 Å². The number of fused-ring (bicyclic) bond motifs is 1. The Morgan fingerprint density at radius 3 is 2.46 bits per heavy atom. The van der Waals surface area contributed by atoms with Crippen LogP contribution in [0.2, 0.25) is 0 Å². The van der Waals surface area contributed by atoms with Crippen molar-refractivity contribution in [2.45, 2.75) is 57.7 Å². The first-order valence-electron chi connectivity index (χ1n) is 13.8. The van der Waals surface area contributed by atoms with Crippen LogP contribution in [0.5, 0.6) is 5.75 Å². The van der Waals surface area contributed by atoms with Gasteiger partial charge in [0.1, 0.15) is 24.4 Å². The van der Waals surface area contributed by atoms with Crippen molar-refractivity contribution in [2.24, 2.45) is 5.92 Å². The molecule has 3 rings (SSSR count). The van der Waals surface area contributed by atoms with Crippen LogP contribution in [0.4, 0.5) is 0 Å². The lowest BCUT2D eigenvalue weighted by Crippen LogP contribution is -2.59. The van der Waals surface area contributed by atoms with Gasteiger partial charge in [-0.3, -0.25) is 14.4 Å². The number of likely N-dealkylation sites (N-methyl/N-ethyl adjacent to an activating group) is 1. The molecule has 39 heavy (non-hydrogen) atoms. The van der Waals surface area contributed by atoms with Crippen LogP contribution in [0.25, 0.3) is 0 Å². The number of carbonyl (C=O) groups excluding carboxylic acids is 3. The zero-order valence-electron chi connectivity index (χ0n) is 23.2. The highest BCUT2D eigenvalue weighted by Gasteiger charge is 2.34.